The van der Waals surface area contributed by atoms with Gasteiger partial charge in [-0.15, -0.1) is 0 Å². The molecule has 11 heavy (non-hydrogen) atoms. The first-order valence-corrected chi connectivity index (χ1v) is 4.28. The molecule has 0 bridgehead atoms. The van der Waals surface area contributed by atoms with Gasteiger partial charge in [0.2, 0.25) is 0 Å². The lowest BCUT2D eigenvalue weighted by molar-refractivity contribution is 0.368. The van der Waals surface area contributed by atoms with E-state index in [9.17, 15) is 0 Å². The minimum atomic E-state index is 0.789. The van der Waals surface area contributed by atoms with Crippen LogP contribution in [-0.2, 0) is 13.0 Å². The monoisotopic (exact) mass is 150 g/mol. The Kier molecular flexibility index (Phi) is 1.48. The van der Waals surface area contributed by atoms with Crippen molar-refractivity contribution in [2.45, 2.75) is 26.8 Å². The van der Waals surface area contributed by atoms with E-state index in [-0.39, 0.29) is 0 Å². The van der Waals surface area contributed by atoms with Crippen molar-refractivity contribution >= 4 is 0 Å². The molecule has 1 aromatic rings. The second kappa shape index (κ2) is 2.36. The average Bonchev–Trinajstić information content (AvgIpc) is 2.40. The van der Waals surface area contributed by atoms with Crippen molar-refractivity contribution < 1.29 is 0 Å². The number of aromatic nitrogens is 2. The van der Waals surface area contributed by atoms with Crippen molar-refractivity contribution in [3.05, 3.63) is 18.0 Å². The normalized spacial score (nSPS) is 22.6. The van der Waals surface area contributed by atoms with Crippen LogP contribution in [0.15, 0.2) is 12.3 Å². The minimum Gasteiger partial charge on any atom is -0.269 e. The molecular formula is C9H14N2. The average molecular weight is 150 g/mol. The third-order valence-electron chi connectivity index (χ3n) is 2.63. The molecule has 60 valence electrons. The van der Waals surface area contributed by atoms with Crippen molar-refractivity contribution in [2.75, 3.05) is 0 Å². The first-order chi connectivity index (χ1) is 5.27. The Morgan fingerprint density at radius 1 is 1.64 bits per heavy atom. The van der Waals surface area contributed by atoms with Gasteiger partial charge in [-0.2, -0.15) is 5.10 Å². The highest BCUT2D eigenvalue weighted by Crippen LogP contribution is 2.25. The molecule has 0 aromatic carbocycles. The van der Waals surface area contributed by atoms with Crippen molar-refractivity contribution in [3.8, 4) is 0 Å². The Balaban J connectivity index is 2.16. The van der Waals surface area contributed by atoms with Gasteiger partial charge in [0.15, 0.2) is 0 Å². The van der Waals surface area contributed by atoms with Crippen LogP contribution in [-0.4, -0.2) is 9.78 Å². The quantitative estimate of drug-likeness (QED) is 0.596. The molecule has 1 aromatic heterocycles. The molecule has 1 atom stereocenters. The highest BCUT2D eigenvalue weighted by molar-refractivity contribution is 5.06. The van der Waals surface area contributed by atoms with Gasteiger partial charge in [-0.3, -0.25) is 4.68 Å². The minimum absolute atomic E-state index is 0.789. The number of rotatable bonds is 1. The van der Waals surface area contributed by atoms with Gasteiger partial charge in [-0.05, 0) is 24.3 Å². The standard InChI is InChI=1S/C9H14N2/c1-7(2)8-5-9-3-4-10-11(9)6-8/h3-4,7-8H,5-6H2,1-2H3. The van der Waals surface area contributed by atoms with E-state index in [4.69, 9.17) is 0 Å². The fourth-order valence-electron chi connectivity index (χ4n) is 1.70. The molecule has 1 aliphatic rings. The van der Waals surface area contributed by atoms with Gasteiger partial charge in [0.25, 0.3) is 0 Å². The molecule has 1 aliphatic heterocycles. The summed E-state index contributed by atoms with van der Waals surface area (Å²) in [6.07, 6.45) is 3.11. The summed E-state index contributed by atoms with van der Waals surface area (Å²) >= 11 is 0. The van der Waals surface area contributed by atoms with Crippen LogP contribution in [0.4, 0.5) is 0 Å². The molecule has 0 amide bonds. The lowest BCUT2D eigenvalue weighted by atomic mass is 9.94. The highest BCUT2D eigenvalue weighted by Gasteiger charge is 2.23. The Morgan fingerprint density at radius 3 is 3.09 bits per heavy atom. The van der Waals surface area contributed by atoms with Crippen LogP contribution >= 0.6 is 0 Å². The summed E-state index contributed by atoms with van der Waals surface area (Å²) in [6.45, 7) is 5.70. The smallest absolute Gasteiger partial charge is 0.0492 e. The lowest BCUT2D eigenvalue weighted by Gasteiger charge is -2.11. The molecule has 0 saturated carbocycles. The van der Waals surface area contributed by atoms with E-state index in [1.807, 2.05) is 6.20 Å². The van der Waals surface area contributed by atoms with E-state index in [2.05, 4.69) is 29.7 Å². The number of nitrogens with zero attached hydrogens (tertiary/aromatic N) is 2. The summed E-state index contributed by atoms with van der Waals surface area (Å²) in [7, 11) is 0. The second-order valence-electron chi connectivity index (χ2n) is 3.71. The summed E-state index contributed by atoms with van der Waals surface area (Å²) in [5, 5.41) is 4.25. The third kappa shape index (κ3) is 1.06. The molecule has 0 radical (unpaired) electrons. The zero-order chi connectivity index (χ0) is 7.84. The second-order valence-corrected chi connectivity index (χ2v) is 3.71. The van der Waals surface area contributed by atoms with Gasteiger partial charge in [0.1, 0.15) is 0 Å². The molecule has 1 unspecified atom stereocenters. The maximum atomic E-state index is 4.25. The van der Waals surface area contributed by atoms with Gasteiger partial charge >= 0.3 is 0 Å². The van der Waals surface area contributed by atoms with Gasteiger partial charge in [-0.25, -0.2) is 0 Å². The van der Waals surface area contributed by atoms with Crippen LogP contribution in [0.1, 0.15) is 19.5 Å². The molecule has 0 fully saturated rings. The van der Waals surface area contributed by atoms with Crippen LogP contribution < -0.4 is 0 Å². The third-order valence-corrected chi connectivity index (χ3v) is 2.63. The number of hydrogen-bond acceptors (Lipinski definition) is 1. The lowest BCUT2D eigenvalue weighted by Crippen LogP contribution is -2.10. The van der Waals surface area contributed by atoms with Gasteiger partial charge in [0, 0.05) is 18.4 Å². The summed E-state index contributed by atoms with van der Waals surface area (Å²) in [4.78, 5) is 0. The predicted octanol–water partition coefficient (Wildman–Crippen LogP) is 1.71. The van der Waals surface area contributed by atoms with Gasteiger partial charge < -0.3 is 0 Å². The summed E-state index contributed by atoms with van der Waals surface area (Å²) in [5.74, 6) is 1.61. The molecule has 0 spiro atoms. The molecule has 2 nitrogen and oxygen atoms in total. The molecule has 2 heteroatoms. The van der Waals surface area contributed by atoms with Gasteiger partial charge in [-0.1, -0.05) is 13.8 Å². The van der Waals surface area contributed by atoms with Crippen molar-refractivity contribution in [1.29, 1.82) is 0 Å². The predicted molar refractivity (Wildman–Crippen MR) is 44.3 cm³/mol. The van der Waals surface area contributed by atoms with Crippen LogP contribution in [0.25, 0.3) is 0 Å². The number of hydrogen-bond donors (Lipinski definition) is 0. The van der Waals surface area contributed by atoms with E-state index < -0.39 is 0 Å². The Bertz CT molecular complexity index is 229. The fourth-order valence-corrected chi connectivity index (χ4v) is 1.70. The Hall–Kier alpha value is -0.790. The van der Waals surface area contributed by atoms with E-state index >= 15 is 0 Å². The topological polar surface area (TPSA) is 17.8 Å². The maximum absolute atomic E-state index is 4.25. The molecule has 0 N–H and O–H groups in total. The maximum Gasteiger partial charge on any atom is 0.0492 e. The van der Waals surface area contributed by atoms with Crippen LogP contribution in [0.2, 0.25) is 0 Å². The molecule has 2 heterocycles. The van der Waals surface area contributed by atoms with Gasteiger partial charge in [0.05, 0.1) is 0 Å². The molecule has 2 rings (SSSR count). The van der Waals surface area contributed by atoms with E-state index in [1.54, 1.807) is 0 Å². The molecular weight excluding hydrogens is 136 g/mol. The van der Waals surface area contributed by atoms with Crippen molar-refractivity contribution in [1.82, 2.24) is 9.78 Å². The summed E-state index contributed by atoms with van der Waals surface area (Å²) < 4.78 is 2.13. The first-order valence-electron chi connectivity index (χ1n) is 4.28. The van der Waals surface area contributed by atoms with E-state index in [0.717, 1.165) is 18.4 Å². The van der Waals surface area contributed by atoms with Crippen molar-refractivity contribution in [2.24, 2.45) is 11.8 Å². The highest BCUT2D eigenvalue weighted by atomic mass is 15.3. The largest absolute Gasteiger partial charge is 0.269 e. The van der Waals surface area contributed by atoms with Crippen LogP contribution in [0.3, 0.4) is 0 Å². The van der Waals surface area contributed by atoms with Crippen molar-refractivity contribution in [3.63, 3.8) is 0 Å². The molecule has 0 aliphatic carbocycles. The number of fused-ring (bicyclic) bond motifs is 1. The SMILES string of the molecule is CC(C)C1Cc2ccnn2C1. The fraction of sp³-hybridized carbons (Fsp3) is 0.667. The van der Waals surface area contributed by atoms with E-state index in [1.165, 1.54) is 12.1 Å². The zero-order valence-electron chi connectivity index (χ0n) is 7.12. The van der Waals surface area contributed by atoms with Crippen LogP contribution in [0, 0.1) is 11.8 Å². The summed E-state index contributed by atoms with van der Waals surface area (Å²) in [6, 6.07) is 2.13. The zero-order valence-corrected chi connectivity index (χ0v) is 7.12. The Labute approximate surface area is 67.2 Å². The Morgan fingerprint density at radius 2 is 2.45 bits per heavy atom. The first kappa shape index (κ1) is 6.89. The summed E-state index contributed by atoms with van der Waals surface area (Å²) in [5.41, 5.74) is 1.41. The molecule has 0 saturated heterocycles. The van der Waals surface area contributed by atoms with E-state index in [0.29, 0.717) is 0 Å². The van der Waals surface area contributed by atoms with Crippen LogP contribution in [0.5, 0.6) is 0 Å².